The van der Waals surface area contributed by atoms with Crippen molar-refractivity contribution in [2.45, 2.75) is 58.6 Å². The highest BCUT2D eigenvalue weighted by Crippen LogP contribution is 2.33. The van der Waals surface area contributed by atoms with E-state index in [1.165, 1.54) is 38.8 Å². The first kappa shape index (κ1) is 15.3. The molecule has 2 fully saturated rings. The molecule has 1 aliphatic carbocycles. The minimum atomic E-state index is 0.395. The van der Waals surface area contributed by atoms with E-state index in [-0.39, 0.29) is 0 Å². The molecule has 3 nitrogen and oxygen atoms in total. The van der Waals surface area contributed by atoms with E-state index in [2.05, 4.69) is 25.7 Å². The summed E-state index contributed by atoms with van der Waals surface area (Å²) in [4.78, 5) is 2.60. The first-order chi connectivity index (χ1) is 9.10. The minimum Gasteiger partial charge on any atom is -0.377 e. The maximum absolute atomic E-state index is 6.41. The van der Waals surface area contributed by atoms with E-state index in [9.17, 15) is 0 Å². The highest BCUT2D eigenvalue weighted by molar-refractivity contribution is 4.88. The van der Waals surface area contributed by atoms with Gasteiger partial charge in [0.25, 0.3) is 0 Å². The van der Waals surface area contributed by atoms with Crippen LogP contribution >= 0.6 is 0 Å². The van der Waals surface area contributed by atoms with E-state index in [4.69, 9.17) is 10.5 Å². The maximum Gasteiger partial charge on any atom is 0.0702 e. The Balaban J connectivity index is 1.85. The fourth-order valence-corrected chi connectivity index (χ4v) is 4.13. The number of hydrogen-bond acceptors (Lipinski definition) is 3. The van der Waals surface area contributed by atoms with Crippen LogP contribution in [0.1, 0.15) is 46.5 Å². The molecule has 0 bridgehead atoms. The Morgan fingerprint density at radius 3 is 2.74 bits per heavy atom. The SMILES string of the molecule is CCOC1CCCN(CC2C(C)CC(C)CC2N)C1. The Kier molecular flexibility index (Phi) is 5.67. The van der Waals surface area contributed by atoms with Crippen LogP contribution in [-0.2, 0) is 4.74 Å². The summed E-state index contributed by atoms with van der Waals surface area (Å²) in [6.07, 6.45) is 5.51. The molecule has 0 amide bonds. The monoisotopic (exact) mass is 268 g/mol. The molecule has 1 aliphatic heterocycles. The van der Waals surface area contributed by atoms with E-state index in [1.54, 1.807) is 0 Å². The van der Waals surface area contributed by atoms with Crippen molar-refractivity contribution in [2.24, 2.45) is 23.5 Å². The van der Waals surface area contributed by atoms with E-state index in [1.807, 2.05) is 0 Å². The second-order valence-electron chi connectivity index (χ2n) is 6.86. The predicted molar refractivity (Wildman–Crippen MR) is 80.1 cm³/mol. The summed E-state index contributed by atoms with van der Waals surface area (Å²) in [5.74, 6) is 2.25. The van der Waals surface area contributed by atoms with Gasteiger partial charge in [-0.05, 0) is 56.9 Å². The van der Waals surface area contributed by atoms with E-state index < -0.39 is 0 Å². The van der Waals surface area contributed by atoms with Gasteiger partial charge in [-0.25, -0.2) is 0 Å². The lowest BCUT2D eigenvalue weighted by atomic mass is 9.72. The molecule has 0 spiro atoms. The van der Waals surface area contributed by atoms with E-state index in [0.717, 1.165) is 25.0 Å². The molecule has 2 aliphatic rings. The third-order valence-corrected chi connectivity index (χ3v) is 5.06. The first-order valence-corrected chi connectivity index (χ1v) is 8.19. The van der Waals surface area contributed by atoms with Crippen molar-refractivity contribution in [1.82, 2.24) is 4.90 Å². The average molecular weight is 268 g/mol. The first-order valence-electron chi connectivity index (χ1n) is 8.19. The smallest absolute Gasteiger partial charge is 0.0702 e. The van der Waals surface area contributed by atoms with Crippen molar-refractivity contribution in [3.05, 3.63) is 0 Å². The summed E-state index contributed by atoms with van der Waals surface area (Å²) in [6, 6.07) is 0.395. The standard InChI is InChI=1S/C16H32N2O/c1-4-19-14-6-5-7-18(10-14)11-15-13(3)8-12(2)9-16(15)17/h12-16H,4-11,17H2,1-3H3. The fourth-order valence-electron chi connectivity index (χ4n) is 4.13. The van der Waals surface area contributed by atoms with Crippen LogP contribution in [0.25, 0.3) is 0 Å². The van der Waals surface area contributed by atoms with Crippen LogP contribution < -0.4 is 5.73 Å². The largest absolute Gasteiger partial charge is 0.377 e. The van der Waals surface area contributed by atoms with Gasteiger partial charge >= 0.3 is 0 Å². The maximum atomic E-state index is 6.41. The van der Waals surface area contributed by atoms with E-state index >= 15 is 0 Å². The minimum absolute atomic E-state index is 0.395. The van der Waals surface area contributed by atoms with E-state index in [0.29, 0.717) is 18.1 Å². The highest BCUT2D eigenvalue weighted by atomic mass is 16.5. The predicted octanol–water partition coefficient (Wildman–Crippen LogP) is 2.50. The Bertz CT molecular complexity index is 257. The highest BCUT2D eigenvalue weighted by Gasteiger charge is 2.33. The Hall–Kier alpha value is -0.120. The van der Waals surface area contributed by atoms with Crippen molar-refractivity contribution < 1.29 is 4.74 Å². The molecule has 112 valence electrons. The van der Waals surface area contributed by atoms with Gasteiger partial charge in [0.2, 0.25) is 0 Å². The van der Waals surface area contributed by atoms with Crippen LogP contribution in [0.5, 0.6) is 0 Å². The number of hydrogen-bond donors (Lipinski definition) is 1. The number of piperidine rings is 1. The molecule has 0 aromatic heterocycles. The van der Waals surface area contributed by atoms with Crippen molar-refractivity contribution in [3.8, 4) is 0 Å². The lowest BCUT2D eigenvalue weighted by Gasteiger charge is -2.42. The van der Waals surface area contributed by atoms with Crippen LogP contribution in [0.3, 0.4) is 0 Å². The van der Waals surface area contributed by atoms with Gasteiger partial charge in [-0.3, -0.25) is 0 Å². The molecular weight excluding hydrogens is 236 g/mol. The third-order valence-electron chi connectivity index (χ3n) is 5.06. The Labute approximate surface area is 118 Å². The molecule has 1 heterocycles. The van der Waals surface area contributed by atoms with Crippen molar-refractivity contribution in [3.63, 3.8) is 0 Å². The van der Waals surface area contributed by atoms with Gasteiger partial charge in [-0.1, -0.05) is 13.8 Å². The van der Waals surface area contributed by atoms with Gasteiger partial charge in [-0.2, -0.15) is 0 Å². The van der Waals surface area contributed by atoms with Gasteiger partial charge in [0.05, 0.1) is 6.10 Å². The van der Waals surface area contributed by atoms with Crippen LogP contribution in [0.4, 0.5) is 0 Å². The molecule has 5 unspecified atom stereocenters. The normalized spacial score (nSPS) is 41.4. The molecular formula is C16H32N2O. The molecule has 2 rings (SSSR count). The zero-order chi connectivity index (χ0) is 13.8. The molecule has 1 saturated heterocycles. The lowest BCUT2D eigenvalue weighted by Crippen LogP contribution is -2.49. The molecule has 5 atom stereocenters. The number of ether oxygens (including phenoxy) is 1. The van der Waals surface area contributed by atoms with Gasteiger partial charge in [0.1, 0.15) is 0 Å². The summed E-state index contributed by atoms with van der Waals surface area (Å²) in [5.41, 5.74) is 6.41. The van der Waals surface area contributed by atoms with Gasteiger partial charge < -0.3 is 15.4 Å². The van der Waals surface area contributed by atoms with Gasteiger partial charge in [0, 0.05) is 25.7 Å². The molecule has 0 aromatic carbocycles. The molecule has 1 saturated carbocycles. The third kappa shape index (κ3) is 4.17. The van der Waals surface area contributed by atoms with Gasteiger partial charge in [-0.15, -0.1) is 0 Å². The Morgan fingerprint density at radius 1 is 1.26 bits per heavy atom. The number of nitrogens with two attached hydrogens (primary N) is 1. The summed E-state index contributed by atoms with van der Waals surface area (Å²) in [7, 11) is 0. The number of nitrogens with zero attached hydrogens (tertiary/aromatic N) is 1. The Morgan fingerprint density at radius 2 is 2.05 bits per heavy atom. The second kappa shape index (κ2) is 7.05. The van der Waals surface area contributed by atoms with Gasteiger partial charge in [0.15, 0.2) is 0 Å². The summed E-state index contributed by atoms with van der Waals surface area (Å²) in [6.45, 7) is 11.2. The summed E-state index contributed by atoms with van der Waals surface area (Å²) >= 11 is 0. The molecule has 0 aromatic rings. The van der Waals surface area contributed by atoms with Crippen molar-refractivity contribution >= 4 is 0 Å². The van der Waals surface area contributed by atoms with Crippen molar-refractivity contribution in [1.29, 1.82) is 0 Å². The topological polar surface area (TPSA) is 38.5 Å². The molecule has 19 heavy (non-hydrogen) atoms. The molecule has 0 radical (unpaired) electrons. The fraction of sp³-hybridized carbons (Fsp3) is 1.00. The number of likely N-dealkylation sites (tertiary alicyclic amines) is 1. The average Bonchev–Trinajstić information content (AvgIpc) is 2.35. The lowest BCUT2D eigenvalue weighted by molar-refractivity contribution is -0.00560. The van der Waals surface area contributed by atoms with Crippen LogP contribution in [-0.4, -0.2) is 43.3 Å². The molecule has 2 N–H and O–H groups in total. The van der Waals surface area contributed by atoms with Crippen LogP contribution in [0.15, 0.2) is 0 Å². The summed E-state index contributed by atoms with van der Waals surface area (Å²) in [5, 5.41) is 0. The van der Waals surface area contributed by atoms with Crippen molar-refractivity contribution in [2.75, 3.05) is 26.2 Å². The van der Waals surface area contributed by atoms with Crippen LogP contribution in [0.2, 0.25) is 0 Å². The zero-order valence-corrected chi connectivity index (χ0v) is 13.0. The second-order valence-corrected chi connectivity index (χ2v) is 6.86. The van der Waals surface area contributed by atoms with Crippen LogP contribution in [0, 0.1) is 17.8 Å². The summed E-state index contributed by atoms with van der Waals surface area (Å²) < 4.78 is 5.80. The zero-order valence-electron chi connectivity index (χ0n) is 13.0. The molecule has 3 heteroatoms. The number of rotatable bonds is 4. The quantitative estimate of drug-likeness (QED) is 0.851.